The quantitative estimate of drug-likeness (QED) is 0.650. The summed E-state index contributed by atoms with van der Waals surface area (Å²) in [7, 11) is 0. The average Bonchev–Trinajstić information content (AvgIpc) is 2.61. The molecule has 2 fully saturated rings. The lowest BCUT2D eigenvalue weighted by Gasteiger charge is -2.34. The van der Waals surface area contributed by atoms with E-state index >= 15 is 0 Å². The van der Waals surface area contributed by atoms with Gasteiger partial charge in [-0.1, -0.05) is 6.92 Å². The summed E-state index contributed by atoms with van der Waals surface area (Å²) in [6.45, 7) is 8.16. The molecule has 2 amide bonds. The van der Waals surface area contributed by atoms with Gasteiger partial charge in [-0.25, -0.2) is 9.59 Å². The number of carbonyl (C=O) groups is 2. The molecule has 2 saturated carbocycles. The Morgan fingerprint density at radius 2 is 1.29 bits per heavy atom. The maximum absolute atomic E-state index is 11.9. The fraction of sp³-hybridized carbons (Fsp3) is 0.909. The first kappa shape index (κ1) is 22.8. The van der Waals surface area contributed by atoms with Gasteiger partial charge in [0.25, 0.3) is 0 Å². The maximum atomic E-state index is 11.9. The van der Waals surface area contributed by atoms with Crippen LogP contribution in [0, 0.1) is 11.8 Å². The van der Waals surface area contributed by atoms with Crippen LogP contribution in [0.1, 0.15) is 91.9 Å². The Kier molecular flexibility index (Phi) is 8.90. The molecule has 0 spiro atoms. The van der Waals surface area contributed by atoms with Gasteiger partial charge in [0, 0.05) is 12.1 Å². The van der Waals surface area contributed by atoms with Crippen LogP contribution < -0.4 is 10.6 Å². The smallest absolute Gasteiger partial charge is 0.407 e. The van der Waals surface area contributed by atoms with E-state index in [1.807, 2.05) is 27.7 Å². The van der Waals surface area contributed by atoms with Crippen molar-refractivity contribution in [1.29, 1.82) is 0 Å². The Bertz CT molecular complexity index is 487. The molecule has 0 bridgehead atoms. The second-order valence-electron chi connectivity index (χ2n) is 9.60. The monoisotopic (exact) mass is 396 g/mol. The summed E-state index contributed by atoms with van der Waals surface area (Å²) in [6.07, 6.45) is 10.5. The molecule has 2 aliphatic carbocycles. The van der Waals surface area contributed by atoms with E-state index in [9.17, 15) is 9.59 Å². The fourth-order valence-electron chi connectivity index (χ4n) is 4.43. The predicted octanol–water partition coefficient (Wildman–Crippen LogP) is 5.16. The molecule has 6 nitrogen and oxygen atoms in total. The fourth-order valence-corrected chi connectivity index (χ4v) is 4.43. The first-order valence-electron chi connectivity index (χ1n) is 11.2. The van der Waals surface area contributed by atoms with E-state index < -0.39 is 5.60 Å². The normalized spacial score (nSPS) is 28.3. The van der Waals surface area contributed by atoms with Gasteiger partial charge in [0.05, 0.1) is 6.61 Å². The molecule has 0 saturated heterocycles. The summed E-state index contributed by atoms with van der Waals surface area (Å²) in [6, 6.07) is 0.523. The number of hydrogen-bond donors (Lipinski definition) is 2. The van der Waals surface area contributed by atoms with Crippen LogP contribution in [0.25, 0.3) is 0 Å². The van der Waals surface area contributed by atoms with E-state index in [-0.39, 0.29) is 24.3 Å². The van der Waals surface area contributed by atoms with Crippen LogP contribution in [-0.4, -0.2) is 36.5 Å². The Morgan fingerprint density at radius 3 is 1.71 bits per heavy atom. The zero-order valence-electron chi connectivity index (χ0n) is 18.2. The average molecular weight is 397 g/mol. The number of hydrogen-bond acceptors (Lipinski definition) is 4. The van der Waals surface area contributed by atoms with E-state index in [2.05, 4.69) is 10.6 Å². The second-order valence-corrected chi connectivity index (χ2v) is 9.60. The van der Waals surface area contributed by atoms with Gasteiger partial charge in [0.15, 0.2) is 0 Å². The molecule has 6 heteroatoms. The third kappa shape index (κ3) is 8.70. The first-order valence-corrected chi connectivity index (χ1v) is 11.2. The summed E-state index contributed by atoms with van der Waals surface area (Å²) in [4.78, 5) is 23.6. The lowest BCUT2D eigenvalue weighted by Crippen LogP contribution is -2.41. The van der Waals surface area contributed by atoms with E-state index in [1.165, 1.54) is 32.1 Å². The minimum Gasteiger partial charge on any atom is -0.450 e. The molecular formula is C22H40N2O4. The highest BCUT2D eigenvalue weighted by molar-refractivity contribution is 5.68. The van der Waals surface area contributed by atoms with Crippen molar-refractivity contribution in [3.8, 4) is 0 Å². The van der Waals surface area contributed by atoms with Crippen molar-refractivity contribution in [2.24, 2.45) is 11.8 Å². The largest absolute Gasteiger partial charge is 0.450 e. The molecule has 2 rings (SSSR count). The van der Waals surface area contributed by atoms with Crippen molar-refractivity contribution in [2.45, 2.75) is 110 Å². The molecule has 2 aliphatic rings. The Balaban J connectivity index is 1.60. The molecule has 2 N–H and O–H groups in total. The van der Waals surface area contributed by atoms with E-state index in [1.54, 1.807) is 0 Å². The Hall–Kier alpha value is -1.46. The highest BCUT2D eigenvalue weighted by Crippen LogP contribution is 2.35. The molecule has 0 aromatic heterocycles. The molecule has 162 valence electrons. The lowest BCUT2D eigenvalue weighted by molar-refractivity contribution is 0.0484. The lowest BCUT2D eigenvalue weighted by atomic mass is 9.76. The number of amides is 2. The minimum absolute atomic E-state index is 0.250. The number of alkyl carbamates (subject to hydrolysis) is 2. The van der Waals surface area contributed by atoms with Crippen LogP contribution in [0.15, 0.2) is 0 Å². The molecule has 0 unspecified atom stereocenters. The molecule has 0 aromatic carbocycles. The predicted molar refractivity (Wildman–Crippen MR) is 110 cm³/mol. The molecule has 0 aromatic rings. The van der Waals surface area contributed by atoms with Gasteiger partial charge in [0.2, 0.25) is 0 Å². The molecule has 0 radical (unpaired) electrons. The number of nitrogens with one attached hydrogen (secondary N) is 2. The third-order valence-corrected chi connectivity index (χ3v) is 5.84. The molecule has 0 heterocycles. The zero-order valence-corrected chi connectivity index (χ0v) is 18.2. The van der Waals surface area contributed by atoms with E-state index in [0.717, 1.165) is 43.9 Å². The Morgan fingerprint density at radius 1 is 0.821 bits per heavy atom. The van der Waals surface area contributed by atoms with Gasteiger partial charge in [-0.05, 0) is 96.8 Å². The number of rotatable bonds is 6. The van der Waals surface area contributed by atoms with Gasteiger partial charge < -0.3 is 20.1 Å². The van der Waals surface area contributed by atoms with Crippen molar-refractivity contribution < 1.29 is 19.1 Å². The van der Waals surface area contributed by atoms with Crippen LogP contribution in [0.5, 0.6) is 0 Å². The molecule has 0 atom stereocenters. The highest BCUT2D eigenvalue weighted by atomic mass is 16.6. The van der Waals surface area contributed by atoms with E-state index in [0.29, 0.717) is 6.61 Å². The van der Waals surface area contributed by atoms with Gasteiger partial charge >= 0.3 is 12.2 Å². The standard InChI is InChI=1S/C22H40N2O4/c1-5-14-27-20(25)23-18-10-6-16(7-11-18)15-17-8-12-19(13-9-17)24-21(26)28-22(2,3)4/h16-19H,5-15H2,1-4H3,(H,23,25)(H,24,26). The van der Waals surface area contributed by atoms with Crippen LogP contribution in [0.4, 0.5) is 9.59 Å². The van der Waals surface area contributed by atoms with Crippen LogP contribution in [-0.2, 0) is 9.47 Å². The number of carbonyl (C=O) groups excluding carboxylic acids is 2. The Labute approximate surface area is 170 Å². The van der Waals surface area contributed by atoms with Gasteiger partial charge in [0.1, 0.15) is 5.60 Å². The van der Waals surface area contributed by atoms with Crippen molar-refractivity contribution in [2.75, 3.05) is 6.61 Å². The summed E-state index contributed by atoms with van der Waals surface area (Å²) in [5.41, 5.74) is -0.443. The zero-order chi connectivity index (χ0) is 20.6. The van der Waals surface area contributed by atoms with Gasteiger partial charge in [-0.2, -0.15) is 0 Å². The van der Waals surface area contributed by atoms with Crippen LogP contribution in [0.2, 0.25) is 0 Å². The highest BCUT2D eigenvalue weighted by Gasteiger charge is 2.28. The van der Waals surface area contributed by atoms with Crippen molar-refractivity contribution >= 4 is 12.2 Å². The third-order valence-electron chi connectivity index (χ3n) is 5.84. The molecule has 0 aliphatic heterocycles. The summed E-state index contributed by atoms with van der Waals surface area (Å²) in [5, 5.41) is 6.03. The first-order chi connectivity index (χ1) is 13.2. The SMILES string of the molecule is CCCOC(=O)NC1CCC(CC2CCC(NC(=O)OC(C)(C)C)CC2)CC1. The van der Waals surface area contributed by atoms with Crippen molar-refractivity contribution in [1.82, 2.24) is 10.6 Å². The van der Waals surface area contributed by atoms with Gasteiger partial charge in [-0.15, -0.1) is 0 Å². The maximum Gasteiger partial charge on any atom is 0.407 e. The topological polar surface area (TPSA) is 76.7 Å². The van der Waals surface area contributed by atoms with Crippen LogP contribution >= 0.6 is 0 Å². The second kappa shape index (κ2) is 10.9. The van der Waals surface area contributed by atoms with Crippen molar-refractivity contribution in [3.63, 3.8) is 0 Å². The minimum atomic E-state index is -0.443. The van der Waals surface area contributed by atoms with Gasteiger partial charge in [-0.3, -0.25) is 0 Å². The summed E-state index contributed by atoms with van der Waals surface area (Å²) in [5.74, 6) is 1.53. The molecular weight excluding hydrogens is 356 g/mol. The summed E-state index contributed by atoms with van der Waals surface area (Å²) >= 11 is 0. The van der Waals surface area contributed by atoms with Crippen molar-refractivity contribution in [3.05, 3.63) is 0 Å². The van der Waals surface area contributed by atoms with E-state index in [4.69, 9.17) is 9.47 Å². The van der Waals surface area contributed by atoms with Crippen LogP contribution in [0.3, 0.4) is 0 Å². The summed E-state index contributed by atoms with van der Waals surface area (Å²) < 4.78 is 10.5. The molecule has 28 heavy (non-hydrogen) atoms. The number of ether oxygens (including phenoxy) is 2.